The van der Waals surface area contributed by atoms with Crippen LogP contribution in [0.3, 0.4) is 0 Å². The third-order valence-electron chi connectivity index (χ3n) is 3.81. The summed E-state index contributed by atoms with van der Waals surface area (Å²) in [6, 6.07) is 17.5. The number of guanidine groups is 1. The van der Waals surface area contributed by atoms with Crippen LogP contribution in [0.25, 0.3) is 11.4 Å². The van der Waals surface area contributed by atoms with Crippen molar-refractivity contribution in [2.75, 3.05) is 13.1 Å². The van der Waals surface area contributed by atoms with Crippen LogP contribution in [-0.2, 0) is 13.0 Å². The Hall–Kier alpha value is -2.86. The molecular weight excluding hydrogens is 362 g/mol. The molecule has 2 aromatic carbocycles. The van der Waals surface area contributed by atoms with Crippen LogP contribution < -0.4 is 10.6 Å². The van der Waals surface area contributed by atoms with E-state index in [4.69, 9.17) is 16.1 Å². The van der Waals surface area contributed by atoms with E-state index in [1.54, 1.807) is 12.1 Å². The number of hydrogen-bond acceptors (Lipinski definition) is 4. The van der Waals surface area contributed by atoms with E-state index in [9.17, 15) is 0 Å². The SMILES string of the molecule is CCNC(=NCc1ccccc1)NCCc1nc(-c2ccc(Cl)cc2)no1. The summed E-state index contributed by atoms with van der Waals surface area (Å²) >= 11 is 5.90. The lowest BCUT2D eigenvalue weighted by atomic mass is 10.2. The molecule has 0 unspecified atom stereocenters. The number of benzene rings is 2. The fourth-order valence-electron chi connectivity index (χ4n) is 2.46. The maximum absolute atomic E-state index is 5.90. The Labute approximate surface area is 163 Å². The number of halogens is 1. The summed E-state index contributed by atoms with van der Waals surface area (Å²) in [4.78, 5) is 9.02. The van der Waals surface area contributed by atoms with E-state index >= 15 is 0 Å². The van der Waals surface area contributed by atoms with Gasteiger partial charge in [-0.1, -0.05) is 47.1 Å². The van der Waals surface area contributed by atoms with E-state index in [1.165, 1.54) is 5.56 Å². The number of nitrogens with one attached hydrogen (secondary N) is 2. The minimum Gasteiger partial charge on any atom is -0.357 e. The van der Waals surface area contributed by atoms with Crippen LogP contribution in [0.2, 0.25) is 5.02 Å². The van der Waals surface area contributed by atoms with Crippen LogP contribution in [0.1, 0.15) is 18.4 Å². The van der Waals surface area contributed by atoms with E-state index in [0.717, 1.165) is 18.1 Å². The molecule has 0 aliphatic carbocycles. The molecule has 140 valence electrons. The standard InChI is InChI=1S/C20H22ClN5O/c1-2-22-20(24-14-15-6-4-3-5-7-15)23-13-12-18-25-19(26-27-18)16-8-10-17(21)11-9-16/h3-11H,2,12-14H2,1H3,(H2,22,23,24). The molecule has 6 nitrogen and oxygen atoms in total. The van der Waals surface area contributed by atoms with Crippen molar-refractivity contribution in [3.8, 4) is 11.4 Å². The highest BCUT2D eigenvalue weighted by Crippen LogP contribution is 2.18. The molecule has 0 aliphatic heterocycles. The van der Waals surface area contributed by atoms with Crippen molar-refractivity contribution < 1.29 is 4.52 Å². The first-order valence-corrected chi connectivity index (χ1v) is 9.27. The van der Waals surface area contributed by atoms with Crippen LogP contribution in [0.15, 0.2) is 64.1 Å². The molecule has 1 heterocycles. The van der Waals surface area contributed by atoms with Gasteiger partial charge < -0.3 is 15.2 Å². The zero-order valence-electron chi connectivity index (χ0n) is 15.2. The Morgan fingerprint density at radius 1 is 1.07 bits per heavy atom. The first kappa shape index (κ1) is 18.9. The zero-order valence-corrected chi connectivity index (χ0v) is 15.9. The molecule has 0 amide bonds. The predicted molar refractivity (Wildman–Crippen MR) is 108 cm³/mol. The molecule has 0 spiro atoms. The molecule has 0 saturated heterocycles. The smallest absolute Gasteiger partial charge is 0.228 e. The van der Waals surface area contributed by atoms with Gasteiger partial charge in [-0.2, -0.15) is 4.98 Å². The average Bonchev–Trinajstić information content (AvgIpc) is 3.16. The molecule has 3 rings (SSSR count). The molecule has 27 heavy (non-hydrogen) atoms. The van der Waals surface area contributed by atoms with Gasteiger partial charge in [0.2, 0.25) is 11.7 Å². The van der Waals surface area contributed by atoms with E-state index in [-0.39, 0.29) is 0 Å². The molecular formula is C20H22ClN5O. The molecule has 0 bridgehead atoms. The third-order valence-corrected chi connectivity index (χ3v) is 4.06. The van der Waals surface area contributed by atoms with Gasteiger partial charge >= 0.3 is 0 Å². The van der Waals surface area contributed by atoms with Crippen molar-refractivity contribution in [2.24, 2.45) is 4.99 Å². The number of aliphatic imine (C=N–C) groups is 1. The fourth-order valence-corrected chi connectivity index (χ4v) is 2.58. The molecule has 2 N–H and O–H groups in total. The minimum atomic E-state index is 0.561. The number of rotatable bonds is 7. The van der Waals surface area contributed by atoms with Crippen LogP contribution in [0.4, 0.5) is 0 Å². The molecule has 0 fully saturated rings. The van der Waals surface area contributed by atoms with Gasteiger partial charge in [-0.05, 0) is 36.8 Å². The highest BCUT2D eigenvalue weighted by molar-refractivity contribution is 6.30. The first-order valence-electron chi connectivity index (χ1n) is 8.89. The van der Waals surface area contributed by atoms with Crippen molar-refractivity contribution >= 4 is 17.6 Å². The van der Waals surface area contributed by atoms with Gasteiger partial charge in [-0.25, -0.2) is 4.99 Å². The van der Waals surface area contributed by atoms with Gasteiger partial charge in [0.15, 0.2) is 5.96 Å². The van der Waals surface area contributed by atoms with Crippen LogP contribution in [0, 0.1) is 0 Å². The Morgan fingerprint density at radius 3 is 2.59 bits per heavy atom. The predicted octanol–water partition coefficient (Wildman–Crippen LogP) is 3.69. The second kappa shape index (κ2) is 9.73. The lowest BCUT2D eigenvalue weighted by Crippen LogP contribution is -2.38. The van der Waals surface area contributed by atoms with E-state index in [1.807, 2.05) is 37.3 Å². The number of nitrogens with zero attached hydrogens (tertiary/aromatic N) is 3. The highest BCUT2D eigenvalue weighted by atomic mass is 35.5. The summed E-state index contributed by atoms with van der Waals surface area (Å²) < 4.78 is 5.33. The highest BCUT2D eigenvalue weighted by Gasteiger charge is 2.08. The third kappa shape index (κ3) is 5.82. The summed E-state index contributed by atoms with van der Waals surface area (Å²) in [5, 5.41) is 11.2. The van der Waals surface area contributed by atoms with Gasteiger partial charge in [0, 0.05) is 30.1 Å². The maximum Gasteiger partial charge on any atom is 0.228 e. The maximum atomic E-state index is 5.90. The van der Waals surface area contributed by atoms with Gasteiger partial charge in [0.25, 0.3) is 0 Å². The van der Waals surface area contributed by atoms with Crippen LogP contribution in [0.5, 0.6) is 0 Å². The minimum absolute atomic E-state index is 0.561. The molecule has 0 radical (unpaired) electrons. The van der Waals surface area contributed by atoms with Crippen LogP contribution >= 0.6 is 11.6 Å². The zero-order chi connectivity index (χ0) is 18.9. The molecule has 3 aromatic rings. The van der Waals surface area contributed by atoms with Crippen molar-refractivity contribution in [1.82, 2.24) is 20.8 Å². The van der Waals surface area contributed by atoms with E-state index in [0.29, 0.717) is 36.2 Å². The van der Waals surface area contributed by atoms with E-state index < -0.39 is 0 Å². The van der Waals surface area contributed by atoms with Crippen LogP contribution in [-0.4, -0.2) is 29.2 Å². The monoisotopic (exact) mass is 383 g/mol. The van der Waals surface area contributed by atoms with Crippen molar-refractivity contribution in [2.45, 2.75) is 19.9 Å². The molecule has 1 aromatic heterocycles. The summed E-state index contributed by atoms with van der Waals surface area (Å²) in [7, 11) is 0. The Balaban J connectivity index is 1.53. The number of aromatic nitrogens is 2. The summed E-state index contributed by atoms with van der Waals surface area (Å²) in [5.74, 6) is 1.90. The molecule has 0 atom stereocenters. The van der Waals surface area contributed by atoms with Crippen molar-refractivity contribution in [1.29, 1.82) is 0 Å². The fraction of sp³-hybridized carbons (Fsp3) is 0.250. The first-order chi connectivity index (χ1) is 13.2. The topological polar surface area (TPSA) is 75.3 Å². The molecule has 0 aliphatic rings. The second-order valence-corrected chi connectivity index (χ2v) is 6.31. The van der Waals surface area contributed by atoms with Crippen molar-refractivity contribution in [3.05, 3.63) is 71.1 Å². The molecule has 7 heteroatoms. The average molecular weight is 384 g/mol. The Bertz CT molecular complexity index is 862. The Morgan fingerprint density at radius 2 is 1.85 bits per heavy atom. The quantitative estimate of drug-likeness (QED) is 0.480. The van der Waals surface area contributed by atoms with Gasteiger partial charge in [-0.15, -0.1) is 0 Å². The number of hydrogen-bond donors (Lipinski definition) is 2. The lowest BCUT2D eigenvalue weighted by Gasteiger charge is -2.10. The van der Waals surface area contributed by atoms with Gasteiger partial charge in [0.05, 0.1) is 6.54 Å². The largest absolute Gasteiger partial charge is 0.357 e. The van der Waals surface area contributed by atoms with Gasteiger partial charge in [0.1, 0.15) is 0 Å². The van der Waals surface area contributed by atoms with Crippen molar-refractivity contribution in [3.63, 3.8) is 0 Å². The van der Waals surface area contributed by atoms with Gasteiger partial charge in [-0.3, -0.25) is 0 Å². The van der Waals surface area contributed by atoms with E-state index in [2.05, 4.69) is 37.9 Å². The summed E-state index contributed by atoms with van der Waals surface area (Å²) in [5.41, 5.74) is 2.04. The lowest BCUT2D eigenvalue weighted by molar-refractivity contribution is 0.378. The Kier molecular flexibility index (Phi) is 6.82. The summed E-state index contributed by atoms with van der Waals surface area (Å²) in [6.45, 7) is 4.10. The summed E-state index contributed by atoms with van der Waals surface area (Å²) in [6.07, 6.45) is 0.607. The normalized spacial score (nSPS) is 11.4. The second-order valence-electron chi connectivity index (χ2n) is 5.88. The molecule has 0 saturated carbocycles.